The molecule has 0 saturated heterocycles. The lowest BCUT2D eigenvalue weighted by molar-refractivity contribution is 0.486. The van der Waals surface area contributed by atoms with E-state index in [0.29, 0.717) is 0 Å². The molecule has 0 fully saturated rings. The van der Waals surface area contributed by atoms with E-state index in [1.54, 1.807) is 0 Å². The molecule has 0 N–H and O–H groups in total. The molecule has 0 spiro atoms. The summed E-state index contributed by atoms with van der Waals surface area (Å²) in [6.07, 6.45) is 0. The Labute approximate surface area is 360 Å². The molecule has 6 heterocycles. The van der Waals surface area contributed by atoms with Crippen molar-refractivity contribution in [2.75, 3.05) is 9.80 Å². The lowest BCUT2D eigenvalue weighted by Gasteiger charge is -2.45. The van der Waals surface area contributed by atoms with Gasteiger partial charge in [0.1, 0.15) is 33.8 Å². The highest BCUT2D eigenvalue weighted by atomic mass is 32.2. The van der Waals surface area contributed by atoms with Gasteiger partial charge in [-0.2, -0.15) is 0 Å². The summed E-state index contributed by atoms with van der Waals surface area (Å²) in [4.78, 5) is 7.38. The Hall–Kier alpha value is -7.54. The van der Waals surface area contributed by atoms with Crippen molar-refractivity contribution in [3.05, 3.63) is 182 Å². The topological polar surface area (TPSA) is 42.0 Å². The van der Waals surface area contributed by atoms with Crippen LogP contribution in [0.2, 0.25) is 0 Å². The number of furan rings is 2. The normalized spacial score (nSPS) is 14.1. The average Bonchev–Trinajstić information content (AvgIpc) is 3.89. The molecule has 0 aliphatic carbocycles. The lowest BCUT2D eigenvalue weighted by Crippen LogP contribution is -2.64. The molecule has 62 heavy (non-hydrogen) atoms. The molecule has 9 aromatic carbocycles. The number of benzene rings is 9. The van der Waals surface area contributed by atoms with Crippen molar-refractivity contribution in [1.29, 1.82) is 0 Å². The Morgan fingerprint density at radius 3 is 1.79 bits per heavy atom. The quantitative estimate of drug-likeness (QED) is 0.162. The van der Waals surface area contributed by atoms with Crippen molar-refractivity contribution in [1.82, 2.24) is 0 Å². The first kappa shape index (κ1) is 33.2. The predicted octanol–water partition coefficient (Wildman–Crippen LogP) is 10.7. The van der Waals surface area contributed by atoms with E-state index in [2.05, 4.69) is 186 Å². The minimum Gasteiger partial charge on any atom is -0.458 e. The second-order valence-electron chi connectivity index (χ2n) is 16.7. The Morgan fingerprint density at radius 2 is 1.02 bits per heavy atom. The highest BCUT2D eigenvalue weighted by Gasteiger charge is 2.48. The predicted molar refractivity (Wildman–Crippen MR) is 257 cm³/mol. The Kier molecular flexibility index (Phi) is 6.46. The van der Waals surface area contributed by atoms with E-state index < -0.39 is 0 Å². The van der Waals surface area contributed by atoms with E-state index in [1.807, 2.05) is 17.8 Å². The number of para-hydroxylation sites is 5. The first-order valence-electron chi connectivity index (χ1n) is 21.1. The summed E-state index contributed by atoms with van der Waals surface area (Å²) in [7, 11) is 0. The summed E-state index contributed by atoms with van der Waals surface area (Å²) < 4.78 is 20.7. The monoisotopic (exact) mass is 808 g/mol. The van der Waals surface area contributed by atoms with Gasteiger partial charge >= 0.3 is 0 Å². The van der Waals surface area contributed by atoms with Crippen LogP contribution in [-0.2, 0) is 0 Å². The molecule has 15 rings (SSSR count). The van der Waals surface area contributed by atoms with Gasteiger partial charge in [0, 0.05) is 72.6 Å². The smallest absolute Gasteiger partial charge is 0.253 e. The van der Waals surface area contributed by atoms with E-state index in [0.717, 1.165) is 89.5 Å². The average molecular weight is 809 g/mol. The van der Waals surface area contributed by atoms with E-state index in [9.17, 15) is 0 Å². The lowest BCUT2D eigenvalue weighted by atomic mass is 9.31. The fraction of sp³-hybridized carbons (Fsp3) is 0. The number of fused-ring (bicyclic) bond motifs is 16. The summed E-state index contributed by atoms with van der Waals surface area (Å²) in [6.45, 7) is -0.139. The van der Waals surface area contributed by atoms with Gasteiger partial charge in [0.2, 0.25) is 0 Å². The Bertz CT molecular complexity index is 3750. The van der Waals surface area contributed by atoms with Gasteiger partial charge in [-0.15, -0.1) is 0 Å². The number of hydrogen-bond acceptors (Lipinski definition) is 6. The van der Waals surface area contributed by atoms with Crippen molar-refractivity contribution in [2.45, 2.75) is 9.79 Å². The minimum atomic E-state index is -0.0936. The Morgan fingerprint density at radius 1 is 0.403 bits per heavy atom. The number of hydrogen-bond donors (Lipinski definition) is 0. The van der Waals surface area contributed by atoms with Crippen LogP contribution in [0.4, 0.5) is 34.1 Å². The first-order valence-corrected chi connectivity index (χ1v) is 22.0. The summed E-state index contributed by atoms with van der Waals surface area (Å²) in [5, 5.41) is 4.48. The van der Waals surface area contributed by atoms with Crippen molar-refractivity contribution in [2.24, 2.45) is 0 Å². The fourth-order valence-corrected chi connectivity index (χ4v) is 12.4. The second kappa shape index (κ2) is 12.1. The van der Waals surface area contributed by atoms with Crippen LogP contribution >= 0.6 is 11.8 Å². The van der Waals surface area contributed by atoms with Gasteiger partial charge in [-0.3, -0.25) is 0 Å². The van der Waals surface area contributed by atoms with E-state index in [4.69, 9.17) is 13.6 Å². The molecule has 2 aromatic heterocycles. The molecule has 286 valence electrons. The van der Waals surface area contributed by atoms with Gasteiger partial charge < -0.3 is 23.4 Å². The molecule has 4 aliphatic heterocycles. The molecule has 0 saturated carbocycles. The van der Waals surface area contributed by atoms with Gasteiger partial charge in [-0.1, -0.05) is 132 Å². The minimum absolute atomic E-state index is 0.0458. The van der Waals surface area contributed by atoms with Gasteiger partial charge in [0.15, 0.2) is 0 Å². The second-order valence-corrected chi connectivity index (χ2v) is 17.7. The summed E-state index contributed by atoms with van der Waals surface area (Å²) in [5.41, 5.74) is 17.6. The van der Waals surface area contributed by atoms with E-state index in [1.165, 1.54) is 42.6 Å². The molecule has 0 unspecified atom stereocenters. The summed E-state index contributed by atoms with van der Waals surface area (Å²) >= 11 is 1.84. The van der Waals surface area contributed by atoms with Crippen LogP contribution in [0.3, 0.4) is 0 Å². The number of rotatable bonds is 2. The van der Waals surface area contributed by atoms with Gasteiger partial charge in [-0.05, 0) is 75.8 Å². The van der Waals surface area contributed by atoms with Crippen molar-refractivity contribution >= 4 is 136 Å². The largest absolute Gasteiger partial charge is 0.458 e. The van der Waals surface area contributed by atoms with Crippen molar-refractivity contribution in [3.63, 3.8) is 0 Å². The molecular weight excluding hydrogens is 778 g/mol. The van der Waals surface area contributed by atoms with Gasteiger partial charge in [0.25, 0.3) is 13.4 Å². The van der Waals surface area contributed by atoms with Crippen LogP contribution in [0.25, 0.3) is 43.9 Å². The van der Waals surface area contributed by atoms with Crippen molar-refractivity contribution < 1.29 is 13.6 Å². The van der Waals surface area contributed by atoms with Crippen LogP contribution < -0.4 is 47.3 Å². The molecule has 8 heteroatoms. The number of nitrogens with zero attached hydrogens (tertiary/aromatic N) is 2. The molecule has 0 radical (unpaired) electrons. The number of ether oxygens (including phenoxy) is 1. The SMILES string of the molecule is c1ccc(N2c3ccccc3B3c4cc5c(cc4N(c4ccccc4)c4c3c2cc2oc3ccccc3c42)Oc2cc3oc4ccccc4c3c3c2B5c2ccccc2S3)cc1. The molecule has 0 bridgehead atoms. The zero-order chi connectivity index (χ0) is 40.2. The molecule has 0 amide bonds. The maximum atomic E-state index is 7.25. The van der Waals surface area contributed by atoms with Crippen LogP contribution in [0.1, 0.15) is 0 Å². The highest BCUT2D eigenvalue weighted by Crippen LogP contribution is 2.51. The standard InChI is InChI=1S/C54H30B2N2O3S/c1-3-15-31(16-4-1)57-39-23-11-9-21-35(39)55-37-27-38-44(61-47-30-46-50(34-20-8-13-25-43(34)60-46)54-52(47)56(38)36-22-10-14-26-48(36)62-54)28-40(37)58(32-17-5-2-6-18-32)53-49-33-19-7-12-24-42(33)59-45(49)29-41(57)51(53)55/h1-30H. The fourth-order valence-electron chi connectivity index (χ4n) is 11.1. The molecule has 11 aromatic rings. The van der Waals surface area contributed by atoms with Crippen LogP contribution in [0.5, 0.6) is 11.5 Å². The van der Waals surface area contributed by atoms with Crippen LogP contribution in [-0.4, -0.2) is 13.4 Å². The van der Waals surface area contributed by atoms with Crippen LogP contribution in [0.15, 0.2) is 201 Å². The first-order chi connectivity index (χ1) is 30.8. The summed E-state index contributed by atoms with van der Waals surface area (Å²) in [6, 6.07) is 65.5. The Balaban J connectivity index is 1.08. The molecule has 4 aliphatic rings. The third kappa shape index (κ3) is 4.27. The van der Waals surface area contributed by atoms with Crippen molar-refractivity contribution in [3.8, 4) is 11.5 Å². The maximum Gasteiger partial charge on any atom is 0.253 e. The maximum absolute atomic E-state index is 7.25. The van der Waals surface area contributed by atoms with Crippen LogP contribution in [0, 0.1) is 0 Å². The third-order valence-corrected chi connectivity index (χ3v) is 14.7. The van der Waals surface area contributed by atoms with Gasteiger partial charge in [0.05, 0.1) is 11.1 Å². The summed E-state index contributed by atoms with van der Waals surface area (Å²) in [5.74, 6) is 1.70. The highest BCUT2D eigenvalue weighted by molar-refractivity contribution is 8.00. The molecule has 5 nitrogen and oxygen atoms in total. The van der Waals surface area contributed by atoms with E-state index in [-0.39, 0.29) is 13.4 Å². The van der Waals surface area contributed by atoms with E-state index >= 15 is 0 Å². The zero-order valence-corrected chi connectivity index (χ0v) is 33.8. The third-order valence-electron chi connectivity index (χ3n) is 13.5. The number of anilines is 6. The van der Waals surface area contributed by atoms with Gasteiger partial charge in [-0.25, -0.2) is 0 Å². The zero-order valence-electron chi connectivity index (χ0n) is 33.0. The molecular formula is C54H30B2N2O3S. The molecule has 0 atom stereocenters.